The second kappa shape index (κ2) is 6.08. The van der Waals surface area contributed by atoms with Gasteiger partial charge in [-0.05, 0) is 61.6 Å². The maximum absolute atomic E-state index is 12.4. The predicted molar refractivity (Wildman–Crippen MR) is 89.1 cm³/mol. The Bertz CT molecular complexity index is 508. The maximum Gasteiger partial charge on any atom is 0.227 e. The summed E-state index contributed by atoms with van der Waals surface area (Å²) in [7, 11) is 0. The standard InChI is InChI=1S/C18H28N2O/c1-12-5-10-16(15(19)11-12)20-17(21)13-6-8-14(9-7-13)18(2,3)4/h5,10-11,13-14H,6-9,19H2,1-4H3,(H,20,21). The highest BCUT2D eigenvalue weighted by molar-refractivity contribution is 5.95. The molecule has 0 atom stereocenters. The summed E-state index contributed by atoms with van der Waals surface area (Å²) in [6, 6.07) is 5.76. The van der Waals surface area contributed by atoms with Gasteiger partial charge in [0.05, 0.1) is 11.4 Å². The smallest absolute Gasteiger partial charge is 0.227 e. The first-order chi connectivity index (χ1) is 9.77. The van der Waals surface area contributed by atoms with Crippen LogP contribution < -0.4 is 11.1 Å². The molecule has 116 valence electrons. The Labute approximate surface area is 128 Å². The summed E-state index contributed by atoms with van der Waals surface area (Å²) in [5.41, 5.74) is 8.81. The predicted octanol–water partition coefficient (Wildman–Crippen LogP) is 4.37. The fourth-order valence-corrected chi connectivity index (χ4v) is 3.25. The van der Waals surface area contributed by atoms with Gasteiger partial charge in [0.15, 0.2) is 0 Å². The van der Waals surface area contributed by atoms with E-state index in [4.69, 9.17) is 5.73 Å². The largest absolute Gasteiger partial charge is 0.397 e. The van der Waals surface area contributed by atoms with E-state index in [2.05, 4.69) is 26.1 Å². The minimum atomic E-state index is 0.123. The Morgan fingerprint density at radius 3 is 2.33 bits per heavy atom. The molecule has 1 fully saturated rings. The van der Waals surface area contributed by atoms with Crippen LogP contribution in [-0.2, 0) is 4.79 Å². The Morgan fingerprint density at radius 2 is 1.81 bits per heavy atom. The summed E-state index contributed by atoms with van der Waals surface area (Å²) in [4.78, 5) is 12.4. The van der Waals surface area contributed by atoms with Crippen LogP contribution in [0.4, 0.5) is 11.4 Å². The fourth-order valence-electron chi connectivity index (χ4n) is 3.25. The van der Waals surface area contributed by atoms with Crippen molar-refractivity contribution in [3.05, 3.63) is 23.8 Å². The molecule has 0 aliphatic heterocycles. The highest BCUT2D eigenvalue weighted by Gasteiger charge is 2.32. The third-order valence-electron chi connectivity index (χ3n) is 4.79. The highest BCUT2D eigenvalue weighted by atomic mass is 16.1. The third-order valence-corrected chi connectivity index (χ3v) is 4.79. The van der Waals surface area contributed by atoms with Crippen molar-refractivity contribution in [3.8, 4) is 0 Å². The summed E-state index contributed by atoms with van der Waals surface area (Å²) < 4.78 is 0. The average Bonchev–Trinajstić information content (AvgIpc) is 2.41. The molecular formula is C18H28N2O. The molecule has 1 aliphatic rings. The number of anilines is 2. The maximum atomic E-state index is 12.4. The average molecular weight is 288 g/mol. The van der Waals surface area contributed by atoms with Gasteiger partial charge >= 0.3 is 0 Å². The second-order valence-electron chi connectivity index (χ2n) is 7.49. The van der Waals surface area contributed by atoms with E-state index < -0.39 is 0 Å². The van der Waals surface area contributed by atoms with Gasteiger partial charge in [-0.3, -0.25) is 4.79 Å². The van der Waals surface area contributed by atoms with Crippen molar-refractivity contribution in [2.24, 2.45) is 17.3 Å². The van der Waals surface area contributed by atoms with E-state index >= 15 is 0 Å². The molecule has 3 N–H and O–H groups in total. The van der Waals surface area contributed by atoms with E-state index in [-0.39, 0.29) is 11.8 Å². The van der Waals surface area contributed by atoms with Crippen LogP contribution in [0.25, 0.3) is 0 Å². The number of hydrogen-bond donors (Lipinski definition) is 2. The number of rotatable bonds is 2. The molecule has 1 saturated carbocycles. The van der Waals surface area contributed by atoms with E-state index in [9.17, 15) is 4.79 Å². The number of nitrogens with one attached hydrogen (secondary N) is 1. The molecule has 0 saturated heterocycles. The Balaban J connectivity index is 1.93. The summed E-state index contributed by atoms with van der Waals surface area (Å²) in [6.45, 7) is 8.89. The van der Waals surface area contributed by atoms with Gasteiger partial charge in [0, 0.05) is 5.92 Å². The van der Waals surface area contributed by atoms with Crippen LogP contribution in [-0.4, -0.2) is 5.91 Å². The van der Waals surface area contributed by atoms with Crippen molar-refractivity contribution in [3.63, 3.8) is 0 Å². The first-order valence-electron chi connectivity index (χ1n) is 7.94. The molecule has 0 radical (unpaired) electrons. The zero-order valence-corrected chi connectivity index (χ0v) is 13.7. The van der Waals surface area contributed by atoms with E-state index in [1.807, 2.05) is 25.1 Å². The Morgan fingerprint density at radius 1 is 1.19 bits per heavy atom. The molecule has 0 heterocycles. The second-order valence-corrected chi connectivity index (χ2v) is 7.49. The molecule has 3 heteroatoms. The topological polar surface area (TPSA) is 55.1 Å². The minimum absolute atomic E-state index is 0.123. The molecular weight excluding hydrogens is 260 g/mol. The highest BCUT2D eigenvalue weighted by Crippen LogP contribution is 2.40. The minimum Gasteiger partial charge on any atom is -0.397 e. The van der Waals surface area contributed by atoms with Crippen LogP contribution in [0.2, 0.25) is 0 Å². The third kappa shape index (κ3) is 3.99. The quantitative estimate of drug-likeness (QED) is 0.794. The molecule has 1 amide bonds. The van der Waals surface area contributed by atoms with Crippen LogP contribution in [0.15, 0.2) is 18.2 Å². The molecule has 1 aromatic rings. The first-order valence-corrected chi connectivity index (χ1v) is 7.94. The molecule has 0 spiro atoms. The number of hydrogen-bond acceptors (Lipinski definition) is 2. The summed E-state index contributed by atoms with van der Waals surface area (Å²) in [5, 5.41) is 3.00. The number of aryl methyl sites for hydroxylation is 1. The SMILES string of the molecule is Cc1ccc(NC(=O)C2CCC(C(C)(C)C)CC2)c(N)c1. The Kier molecular flexibility index (Phi) is 4.60. The van der Waals surface area contributed by atoms with Crippen LogP contribution in [0.5, 0.6) is 0 Å². The van der Waals surface area contributed by atoms with Gasteiger partial charge in [0.25, 0.3) is 0 Å². The summed E-state index contributed by atoms with van der Waals surface area (Å²) in [6.07, 6.45) is 4.26. The monoisotopic (exact) mass is 288 g/mol. The number of carbonyl (C=O) groups is 1. The summed E-state index contributed by atoms with van der Waals surface area (Å²) >= 11 is 0. The van der Waals surface area contributed by atoms with Crippen LogP contribution in [0, 0.1) is 24.2 Å². The molecule has 0 unspecified atom stereocenters. The number of benzene rings is 1. The van der Waals surface area contributed by atoms with Gasteiger partial charge < -0.3 is 11.1 Å². The van der Waals surface area contributed by atoms with E-state index in [0.717, 1.165) is 42.9 Å². The molecule has 0 aromatic heterocycles. The lowest BCUT2D eigenvalue weighted by Crippen LogP contribution is -2.31. The molecule has 21 heavy (non-hydrogen) atoms. The van der Waals surface area contributed by atoms with Crippen LogP contribution >= 0.6 is 0 Å². The van der Waals surface area contributed by atoms with Crippen molar-refractivity contribution in [1.29, 1.82) is 0 Å². The van der Waals surface area contributed by atoms with Crippen molar-refractivity contribution < 1.29 is 4.79 Å². The van der Waals surface area contributed by atoms with Crippen molar-refractivity contribution in [1.82, 2.24) is 0 Å². The van der Waals surface area contributed by atoms with Gasteiger partial charge in [0.1, 0.15) is 0 Å². The van der Waals surface area contributed by atoms with Gasteiger partial charge in [-0.2, -0.15) is 0 Å². The van der Waals surface area contributed by atoms with E-state index in [1.54, 1.807) is 0 Å². The molecule has 1 aromatic carbocycles. The van der Waals surface area contributed by atoms with Gasteiger partial charge in [-0.25, -0.2) is 0 Å². The number of amides is 1. The lowest BCUT2D eigenvalue weighted by Gasteiger charge is -2.36. The molecule has 1 aliphatic carbocycles. The zero-order valence-electron chi connectivity index (χ0n) is 13.7. The first kappa shape index (κ1) is 15.9. The van der Waals surface area contributed by atoms with E-state index in [0.29, 0.717) is 11.1 Å². The van der Waals surface area contributed by atoms with Gasteiger partial charge in [0.2, 0.25) is 5.91 Å². The molecule has 0 bridgehead atoms. The van der Waals surface area contributed by atoms with E-state index in [1.165, 1.54) is 0 Å². The number of nitrogens with two attached hydrogens (primary N) is 1. The zero-order chi connectivity index (χ0) is 15.6. The van der Waals surface area contributed by atoms with Crippen LogP contribution in [0.1, 0.15) is 52.0 Å². The number of carbonyl (C=O) groups excluding carboxylic acids is 1. The molecule has 2 rings (SSSR count). The van der Waals surface area contributed by atoms with Crippen molar-refractivity contribution in [2.75, 3.05) is 11.1 Å². The molecule has 3 nitrogen and oxygen atoms in total. The van der Waals surface area contributed by atoms with Crippen LogP contribution in [0.3, 0.4) is 0 Å². The lowest BCUT2D eigenvalue weighted by atomic mass is 9.69. The summed E-state index contributed by atoms with van der Waals surface area (Å²) in [5.74, 6) is 0.980. The Hall–Kier alpha value is -1.51. The fraction of sp³-hybridized carbons (Fsp3) is 0.611. The number of nitrogen functional groups attached to an aromatic ring is 1. The van der Waals surface area contributed by atoms with Gasteiger partial charge in [-0.15, -0.1) is 0 Å². The van der Waals surface area contributed by atoms with Crippen molar-refractivity contribution in [2.45, 2.75) is 53.4 Å². The lowest BCUT2D eigenvalue weighted by molar-refractivity contribution is -0.121. The van der Waals surface area contributed by atoms with Gasteiger partial charge in [-0.1, -0.05) is 26.8 Å². The van der Waals surface area contributed by atoms with Crippen molar-refractivity contribution >= 4 is 17.3 Å². The normalized spacial score (nSPS) is 22.9.